The average molecular weight is 262 g/mol. The minimum absolute atomic E-state index is 0.0119. The lowest BCUT2D eigenvalue weighted by molar-refractivity contribution is 0.249. The predicted molar refractivity (Wildman–Crippen MR) is 76.1 cm³/mol. The number of aliphatic hydroxyl groups is 1. The molecule has 0 radical (unpaired) electrons. The molecular formula is C13H18N4O2. The monoisotopic (exact) mass is 262 g/mol. The molecule has 0 aliphatic carbocycles. The molecule has 0 fully saturated rings. The number of hydrogen-bond acceptors (Lipinski definition) is 5. The highest BCUT2D eigenvalue weighted by Gasteiger charge is 2.14. The summed E-state index contributed by atoms with van der Waals surface area (Å²) in [5.41, 5.74) is 7.43. The van der Waals surface area contributed by atoms with Crippen LogP contribution in [0.5, 0.6) is 0 Å². The van der Waals surface area contributed by atoms with Crippen LogP contribution >= 0.6 is 0 Å². The van der Waals surface area contributed by atoms with Crippen molar-refractivity contribution in [2.45, 2.75) is 19.9 Å². The number of hydrogen-bond donors (Lipinski definition) is 4. The second-order valence-corrected chi connectivity index (χ2v) is 4.87. The van der Waals surface area contributed by atoms with Crippen molar-refractivity contribution in [3.8, 4) is 0 Å². The first-order chi connectivity index (χ1) is 9.02. The molecule has 0 aliphatic rings. The first kappa shape index (κ1) is 13.4. The SMILES string of the molecule is CC(C)[C@@H](CO)Nc1cc2nc[nH]c(=O)c2cc1N. The zero-order valence-corrected chi connectivity index (χ0v) is 11.0. The number of aromatic amines is 1. The molecule has 2 rings (SSSR count). The number of benzene rings is 1. The molecule has 0 aliphatic heterocycles. The summed E-state index contributed by atoms with van der Waals surface area (Å²) in [5.74, 6) is 0.257. The molecule has 1 aromatic heterocycles. The molecule has 0 bridgehead atoms. The van der Waals surface area contributed by atoms with Crippen LogP contribution in [0.4, 0.5) is 11.4 Å². The Morgan fingerprint density at radius 1 is 1.47 bits per heavy atom. The van der Waals surface area contributed by atoms with Crippen LogP contribution in [0, 0.1) is 5.92 Å². The van der Waals surface area contributed by atoms with Gasteiger partial charge < -0.3 is 21.1 Å². The van der Waals surface area contributed by atoms with Gasteiger partial charge in [0, 0.05) is 0 Å². The number of fused-ring (bicyclic) bond motifs is 1. The van der Waals surface area contributed by atoms with Gasteiger partial charge in [0.25, 0.3) is 5.56 Å². The first-order valence-electron chi connectivity index (χ1n) is 6.17. The number of nitrogens with two attached hydrogens (primary N) is 1. The smallest absolute Gasteiger partial charge is 0.258 e. The predicted octanol–water partition coefficient (Wildman–Crippen LogP) is 0.934. The van der Waals surface area contributed by atoms with E-state index in [-0.39, 0.29) is 24.1 Å². The summed E-state index contributed by atoms with van der Waals surface area (Å²) in [6, 6.07) is 3.23. The van der Waals surface area contributed by atoms with Crippen LogP contribution in [0.25, 0.3) is 10.9 Å². The van der Waals surface area contributed by atoms with E-state index in [1.165, 1.54) is 6.33 Å². The van der Waals surface area contributed by atoms with E-state index in [0.29, 0.717) is 22.3 Å². The zero-order chi connectivity index (χ0) is 14.0. The highest BCUT2D eigenvalue weighted by Crippen LogP contribution is 2.24. The van der Waals surface area contributed by atoms with Gasteiger partial charge in [-0.1, -0.05) is 13.8 Å². The minimum atomic E-state index is -0.217. The van der Waals surface area contributed by atoms with Gasteiger partial charge in [-0.3, -0.25) is 4.79 Å². The van der Waals surface area contributed by atoms with Crippen LogP contribution in [0.1, 0.15) is 13.8 Å². The highest BCUT2D eigenvalue weighted by molar-refractivity contribution is 5.88. The third-order valence-electron chi connectivity index (χ3n) is 3.15. The Hall–Kier alpha value is -2.08. The van der Waals surface area contributed by atoms with Gasteiger partial charge in [0.2, 0.25) is 0 Å². The van der Waals surface area contributed by atoms with Gasteiger partial charge in [-0.25, -0.2) is 4.98 Å². The Bertz CT molecular complexity index is 636. The van der Waals surface area contributed by atoms with E-state index in [1.54, 1.807) is 12.1 Å². The van der Waals surface area contributed by atoms with Crippen LogP contribution in [0.2, 0.25) is 0 Å². The summed E-state index contributed by atoms with van der Waals surface area (Å²) in [7, 11) is 0. The summed E-state index contributed by atoms with van der Waals surface area (Å²) < 4.78 is 0. The molecule has 6 heteroatoms. The molecule has 0 saturated heterocycles. The van der Waals surface area contributed by atoms with E-state index in [9.17, 15) is 9.90 Å². The van der Waals surface area contributed by atoms with Gasteiger partial charge in [0.1, 0.15) is 0 Å². The third-order valence-corrected chi connectivity index (χ3v) is 3.15. The molecule has 6 nitrogen and oxygen atoms in total. The van der Waals surface area contributed by atoms with Crippen molar-refractivity contribution in [1.29, 1.82) is 0 Å². The topological polar surface area (TPSA) is 104 Å². The number of rotatable bonds is 4. The Balaban J connectivity index is 2.44. The summed E-state index contributed by atoms with van der Waals surface area (Å²) in [5, 5.41) is 13.0. The normalized spacial score (nSPS) is 12.8. The van der Waals surface area contributed by atoms with E-state index in [4.69, 9.17) is 5.73 Å². The van der Waals surface area contributed by atoms with Crippen LogP contribution in [-0.4, -0.2) is 27.7 Å². The molecule has 0 amide bonds. The maximum atomic E-state index is 11.6. The lowest BCUT2D eigenvalue weighted by Crippen LogP contribution is -2.29. The van der Waals surface area contributed by atoms with Gasteiger partial charge in [-0.2, -0.15) is 0 Å². The number of nitrogens with one attached hydrogen (secondary N) is 2. The van der Waals surface area contributed by atoms with Crippen molar-refractivity contribution in [1.82, 2.24) is 9.97 Å². The first-order valence-corrected chi connectivity index (χ1v) is 6.17. The van der Waals surface area contributed by atoms with Crippen LogP contribution in [0.3, 0.4) is 0 Å². The average Bonchev–Trinajstić information content (AvgIpc) is 2.37. The quantitative estimate of drug-likeness (QED) is 0.614. The molecule has 1 aromatic carbocycles. The number of nitrogens with zero attached hydrogens (tertiary/aromatic N) is 1. The number of aromatic nitrogens is 2. The Labute approximate surface area is 110 Å². The van der Waals surface area contributed by atoms with Crippen molar-refractivity contribution in [3.05, 3.63) is 28.8 Å². The van der Waals surface area contributed by atoms with Gasteiger partial charge in [0.15, 0.2) is 0 Å². The molecule has 2 aromatic rings. The number of anilines is 2. The van der Waals surface area contributed by atoms with Crippen LogP contribution < -0.4 is 16.6 Å². The standard InChI is InChI=1S/C13H18N4O2/c1-7(2)12(5-18)17-11-4-10-8(3-9(11)14)13(19)16-6-15-10/h3-4,6-7,12,17-18H,5,14H2,1-2H3,(H,15,16,19)/t12-/m1/s1. The Morgan fingerprint density at radius 2 is 2.21 bits per heavy atom. The van der Waals surface area contributed by atoms with Gasteiger partial charge >= 0.3 is 0 Å². The van der Waals surface area contributed by atoms with E-state index in [1.807, 2.05) is 13.8 Å². The number of nitrogen functional groups attached to an aromatic ring is 1. The molecule has 1 heterocycles. The molecule has 0 saturated carbocycles. The highest BCUT2D eigenvalue weighted by atomic mass is 16.3. The second kappa shape index (κ2) is 5.27. The van der Waals surface area contributed by atoms with Crippen molar-refractivity contribution in [2.24, 2.45) is 5.92 Å². The molecule has 102 valence electrons. The lowest BCUT2D eigenvalue weighted by Gasteiger charge is -2.22. The van der Waals surface area contributed by atoms with Gasteiger partial charge in [0.05, 0.1) is 41.3 Å². The van der Waals surface area contributed by atoms with Crippen LogP contribution in [-0.2, 0) is 0 Å². The Morgan fingerprint density at radius 3 is 2.84 bits per heavy atom. The zero-order valence-electron chi connectivity index (χ0n) is 11.0. The van der Waals surface area contributed by atoms with Crippen molar-refractivity contribution in [3.63, 3.8) is 0 Å². The summed E-state index contributed by atoms with van der Waals surface area (Å²) >= 11 is 0. The third kappa shape index (κ3) is 2.68. The van der Waals surface area contributed by atoms with Crippen molar-refractivity contribution >= 4 is 22.3 Å². The molecule has 1 atom stereocenters. The number of aliphatic hydroxyl groups excluding tert-OH is 1. The number of H-pyrrole nitrogens is 1. The van der Waals surface area contributed by atoms with Crippen molar-refractivity contribution in [2.75, 3.05) is 17.7 Å². The lowest BCUT2D eigenvalue weighted by atomic mass is 10.0. The fraction of sp³-hybridized carbons (Fsp3) is 0.385. The fourth-order valence-corrected chi connectivity index (χ4v) is 1.88. The second-order valence-electron chi connectivity index (χ2n) is 4.87. The summed E-state index contributed by atoms with van der Waals surface area (Å²) in [4.78, 5) is 18.2. The Kier molecular flexibility index (Phi) is 3.71. The van der Waals surface area contributed by atoms with Crippen molar-refractivity contribution < 1.29 is 5.11 Å². The molecule has 19 heavy (non-hydrogen) atoms. The minimum Gasteiger partial charge on any atom is -0.397 e. The summed E-state index contributed by atoms with van der Waals surface area (Å²) in [6.07, 6.45) is 1.36. The molecule has 5 N–H and O–H groups in total. The summed E-state index contributed by atoms with van der Waals surface area (Å²) in [6.45, 7) is 4.03. The maximum absolute atomic E-state index is 11.6. The molecule has 0 unspecified atom stereocenters. The van der Waals surface area contributed by atoms with E-state index >= 15 is 0 Å². The van der Waals surface area contributed by atoms with Gasteiger partial charge in [-0.05, 0) is 18.1 Å². The molecular weight excluding hydrogens is 244 g/mol. The van der Waals surface area contributed by atoms with E-state index in [2.05, 4.69) is 15.3 Å². The fourth-order valence-electron chi connectivity index (χ4n) is 1.88. The molecule has 0 spiro atoms. The van der Waals surface area contributed by atoms with E-state index in [0.717, 1.165) is 0 Å². The van der Waals surface area contributed by atoms with Crippen LogP contribution in [0.15, 0.2) is 23.3 Å². The van der Waals surface area contributed by atoms with E-state index < -0.39 is 0 Å². The van der Waals surface area contributed by atoms with Gasteiger partial charge in [-0.15, -0.1) is 0 Å². The largest absolute Gasteiger partial charge is 0.397 e. The maximum Gasteiger partial charge on any atom is 0.258 e.